The third kappa shape index (κ3) is 5.23. The van der Waals surface area contributed by atoms with Crippen molar-refractivity contribution in [2.24, 2.45) is 0 Å². The highest BCUT2D eigenvalue weighted by Gasteiger charge is 2.23. The molecular formula is C17H22N4O5S. The summed E-state index contributed by atoms with van der Waals surface area (Å²) in [7, 11) is -1.54. The number of sulfonamides is 1. The van der Waals surface area contributed by atoms with E-state index in [0.29, 0.717) is 5.56 Å². The lowest BCUT2D eigenvalue weighted by molar-refractivity contribution is -0.121. The van der Waals surface area contributed by atoms with Gasteiger partial charge in [-0.25, -0.2) is 17.9 Å². The van der Waals surface area contributed by atoms with E-state index in [0.717, 1.165) is 5.69 Å². The maximum atomic E-state index is 12.4. The lowest BCUT2D eigenvalue weighted by Crippen LogP contribution is -2.37. The van der Waals surface area contributed by atoms with Crippen LogP contribution in [0, 0.1) is 0 Å². The van der Waals surface area contributed by atoms with Gasteiger partial charge < -0.3 is 20.4 Å². The summed E-state index contributed by atoms with van der Waals surface area (Å²) in [6.45, 7) is 1.83. The number of amides is 3. The summed E-state index contributed by atoms with van der Waals surface area (Å²) >= 11 is 0. The van der Waals surface area contributed by atoms with Crippen molar-refractivity contribution in [2.75, 3.05) is 14.2 Å². The van der Waals surface area contributed by atoms with Gasteiger partial charge in [0.2, 0.25) is 5.91 Å². The first-order valence-corrected chi connectivity index (χ1v) is 9.59. The number of methoxy groups -OCH3 is 1. The van der Waals surface area contributed by atoms with E-state index >= 15 is 0 Å². The lowest BCUT2D eigenvalue weighted by atomic mass is 10.1. The van der Waals surface area contributed by atoms with Crippen molar-refractivity contribution >= 4 is 22.0 Å². The molecule has 2 aromatic rings. The van der Waals surface area contributed by atoms with Crippen LogP contribution in [-0.2, 0) is 21.2 Å². The summed E-state index contributed by atoms with van der Waals surface area (Å²) in [5, 5.41) is 5.00. The van der Waals surface area contributed by atoms with Crippen LogP contribution in [0.2, 0.25) is 0 Å². The van der Waals surface area contributed by atoms with Crippen molar-refractivity contribution in [1.29, 1.82) is 0 Å². The standard InChI is InChI=1S/C17H22N4O5S/c1-11(13-5-4-8-19-13)20-16(22)10-12-6-7-14(26-3)15(9-12)27(24,25)21-17(23)18-2/h4-9,11,19H,10H2,1-3H3,(H,20,22)(H2,18,21,23). The van der Waals surface area contributed by atoms with E-state index in [2.05, 4.69) is 15.6 Å². The van der Waals surface area contributed by atoms with Gasteiger partial charge in [0.05, 0.1) is 19.6 Å². The number of ether oxygens (including phenoxy) is 1. The molecule has 2 rings (SSSR count). The summed E-state index contributed by atoms with van der Waals surface area (Å²) in [4.78, 5) is 26.5. The molecule has 0 bridgehead atoms. The molecule has 1 heterocycles. The van der Waals surface area contributed by atoms with E-state index in [1.54, 1.807) is 12.3 Å². The number of aromatic nitrogens is 1. The average Bonchev–Trinajstić information content (AvgIpc) is 3.16. The number of benzene rings is 1. The van der Waals surface area contributed by atoms with Crippen LogP contribution in [0.4, 0.5) is 4.79 Å². The minimum absolute atomic E-state index is 0.0302. The first-order valence-electron chi connectivity index (χ1n) is 8.11. The Kier molecular flexibility index (Phi) is 6.45. The predicted molar refractivity (Wildman–Crippen MR) is 98.8 cm³/mol. The van der Waals surface area contributed by atoms with E-state index in [1.165, 1.54) is 26.3 Å². The molecule has 4 N–H and O–H groups in total. The number of carbonyl (C=O) groups is 2. The zero-order valence-corrected chi connectivity index (χ0v) is 16.0. The highest BCUT2D eigenvalue weighted by atomic mass is 32.2. The van der Waals surface area contributed by atoms with E-state index in [-0.39, 0.29) is 29.0 Å². The van der Waals surface area contributed by atoms with Crippen molar-refractivity contribution in [3.8, 4) is 5.75 Å². The molecule has 1 aromatic heterocycles. The van der Waals surface area contributed by atoms with Crippen molar-refractivity contribution < 1.29 is 22.7 Å². The first kappa shape index (κ1) is 20.3. The lowest BCUT2D eigenvalue weighted by Gasteiger charge is -2.14. The molecule has 0 saturated heterocycles. The first-order chi connectivity index (χ1) is 12.8. The minimum atomic E-state index is -4.15. The molecule has 0 fully saturated rings. The molecule has 27 heavy (non-hydrogen) atoms. The normalized spacial score (nSPS) is 12.1. The Hall–Kier alpha value is -3.01. The summed E-state index contributed by atoms with van der Waals surface area (Å²) in [6, 6.07) is 6.93. The second-order valence-corrected chi connectivity index (χ2v) is 7.41. The average molecular weight is 394 g/mol. The molecular weight excluding hydrogens is 372 g/mol. The van der Waals surface area contributed by atoms with Crippen molar-refractivity contribution in [3.05, 3.63) is 47.8 Å². The number of hydrogen-bond donors (Lipinski definition) is 4. The molecule has 3 amide bonds. The fourth-order valence-corrected chi connectivity index (χ4v) is 3.62. The molecule has 0 saturated carbocycles. The highest BCUT2D eigenvalue weighted by molar-refractivity contribution is 7.90. The van der Waals surface area contributed by atoms with Gasteiger partial charge in [-0.05, 0) is 36.8 Å². The molecule has 0 radical (unpaired) electrons. The molecule has 0 aliphatic rings. The molecule has 1 unspecified atom stereocenters. The number of nitrogens with one attached hydrogen (secondary N) is 4. The molecule has 10 heteroatoms. The number of hydrogen-bond acceptors (Lipinski definition) is 5. The molecule has 1 aromatic carbocycles. The molecule has 0 aliphatic carbocycles. The number of rotatable bonds is 7. The number of H-pyrrole nitrogens is 1. The fourth-order valence-electron chi connectivity index (χ4n) is 2.44. The van der Waals surface area contributed by atoms with E-state index in [1.807, 2.05) is 23.8 Å². The number of carbonyl (C=O) groups excluding carboxylic acids is 2. The van der Waals surface area contributed by atoms with Crippen LogP contribution in [0.5, 0.6) is 5.75 Å². The van der Waals surface area contributed by atoms with Crippen LogP contribution in [-0.4, -0.2) is 39.5 Å². The molecule has 0 aliphatic heterocycles. The van der Waals surface area contributed by atoms with Crippen molar-refractivity contribution in [1.82, 2.24) is 20.3 Å². The minimum Gasteiger partial charge on any atom is -0.495 e. The Bertz CT molecular complexity index is 909. The zero-order valence-electron chi connectivity index (χ0n) is 15.2. The molecule has 1 atom stereocenters. The van der Waals surface area contributed by atoms with Crippen LogP contribution in [0.1, 0.15) is 24.2 Å². The zero-order chi connectivity index (χ0) is 20.0. The van der Waals surface area contributed by atoms with Crippen LogP contribution < -0.4 is 20.1 Å². The highest BCUT2D eigenvalue weighted by Crippen LogP contribution is 2.25. The predicted octanol–water partition coefficient (Wildman–Crippen LogP) is 1.06. The summed E-state index contributed by atoms with van der Waals surface area (Å²) in [6.07, 6.45) is 1.73. The maximum Gasteiger partial charge on any atom is 0.328 e. The van der Waals surface area contributed by atoms with E-state index in [9.17, 15) is 18.0 Å². The van der Waals surface area contributed by atoms with E-state index in [4.69, 9.17) is 4.74 Å². The van der Waals surface area contributed by atoms with Gasteiger partial charge in [-0.3, -0.25) is 4.79 Å². The largest absolute Gasteiger partial charge is 0.495 e. The van der Waals surface area contributed by atoms with Gasteiger partial charge in [0.25, 0.3) is 10.0 Å². The smallest absolute Gasteiger partial charge is 0.328 e. The SMILES string of the molecule is CNC(=O)NS(=O)(=O)c1cc(CC(=O)NC(C)c2ccc[nH]2)ccc1OC. The molecule has 9 nitrogen and oxygen atoms in total. The van der Waals surface area contributed by atoms with Crippen LogP contribution in [0.15, 0.2) is 41.4 Å². The van der Waals surface area contributed by atoms with Gasteiger partial charge in [0.15, 0.2) is 0 Å². The Balaban J connectivity index is 2.18. The monoisotopic (exact) mass is 394 g/mol. The van der Waals surface area contributed by atoms with Gasteiger partial charge in [-0.1, -0.05) is 6.07 Å². The number of urea groups is 1. The summed E-state index contributed by atoms with van der Waals surface area (Å²) in [5.74, 6) is -0.208. The van der Waals surface area contributed by atoms with E-state index < -0.39 is 16.1 Å². The topological polar surface area (TPSA) is 129 Å². The van der Waals surface area contributed by atoms with Gasteiger partial charge >= 0.3 is 6.03 Å². The second-order valence-electron chi connectivity index (χ2n) is 5.76. The van der Waals surface area contributed by atoms with Crippen molar-refractivity contribution in [2.45, 2.75) is 24.3 Å². The van der Waals surface area contributed by atoms with Gasteiger partial charge in [0, 0.05) is 18.9 Å². The number of aromatic amines is 1. The summed E-state index contributed by atoms with van der Waals surface area (Å²) in [5.41, 5.74) is 1.32. The quantitative estimate of drug-likeness (QED) is 0.558. The fraction of sp³-hybridized carbons (Fsp3) is 0.294. The third-order valence-electron chi connectivity index (χ3n) is 3.80. The second kappa shape index (κ2) is 8.58. The Morgan fingerprint density at radius 2 is 2.00 bits per heavy atom. The Labute approximate surface area is 157 Å². The third-order valence-corrected chi connectivity index (χ3v) is 5.15. The van der Waals surface area contributed by atoms with Crippen LogP contribution in [0.3, 0.4) is 0 Å². The summed E-state index contributed by atoms with van der Waals surface area (Å²) < 4.78 is 31.7. The Morgan fingerprint density at radius 3 is 2.59 bits per heavy atom. The maximum absolute atomic E-state index is 12.4. The molecule has 146 valence electrons. The van der Waals surface area contributed by atoms with Crippen molar-refractivity contribution in [3.63, 3.8) is 0 Å². The van der Waals surface area contributed by atoms with Gasteiger partial charge in [0.1, 0.15) is 10.6 Å². The molecule has 0 spiro atoms. The Morgan fingerprint density at radius 1 is 1.26 bits per heavy atom. The van der Waals surface area contributed by atoms with Gasteiger partial charge in [-0.15, -0.1) is 0 Å². The van der Waals surface area contributed by atoms with Crippen LogP contribution in [0.25, 0.3) is 0 Å². The van der Waals surface area contributed by atoms with Crippen LogP contribution >= 0.6 is 0 Å². The van der Waals surface area contributed by atoms with Gasteiger partial charge in [-0.2, -0.15) is 0 Å².